The first-order valence-corrected chi connectivity index (χ1v) is 7.74. The second-order valence-electron chi connectivity index (χ2n) is 6.47. The SMILES string of the molecule is CC(C)C1CCCN1CC(C)C(N)c1ccccc1F. The van der Waals surface area contributed by atoms with E-state index in [9.17, 15) is 4.39 Å². The first-order valence-electron chi connectivity index (χ1n) is 7.74. The Bertz CT molecular complexity index is 433. The van der Waals surface area contributed by atoms with Crippen LogP contribution in [0.1, 0.15) is 45.2 Å². The van der Waals surface area contributed by atoms with Crippen LogP contribution in [0, 0.1) is 17.7 Å². The number of likely N-dealkylation sites (tertiary alicyclic amines) is 1. The van der Waals surface area contributed by atoms with Gasteiger partial charge in [-0.1, -0.05) is 39.0 Å². The molecule has 0 aromatic heterocycles. The Hall–Kier alpha value is -0.930. The van der Waals surface area contributed by atoms with Gasteiger partial charge in [-0.25, -0.2) is 4.39 Å². The second-order valence-corrected chi connectivity index (χ2v) is 6.47. The minimum atomic E-state index is -0.232. The fraction of sp³-hybridized carbons (Fsp3) is 0.647. The van der Waals surface area contributed by atoms with Crippen LogP contribution in [-0.4, -0.2) is 24.0 Å². The highest BCUT2D eigenvalue weighted by Gasteiger charge is 2.29. The Balaban J connectivity index is 2.01. The number of halogens is 1. The van der Waals surface area contributed by atoms with Gasteiger partial charge >= 0.3 is 0 Å². The lowest BCUT2D eigenvalue weighted by molar-refractivity contribution is 0.171. The van der Waals surface area contributed by atoms with E-state index < -0.39 is 0 Å². The molecule has 3 unspecified atom stereocenters. The zero-order valence-corrected chi connectivity index (χ0v) is 12.8. The summed E-state index contributed by atoms with van der Waals surface area (Å²) in [5.41, 5.74) is 6.91. The topological polar surface area (TPSA) is 29.3 Å². The molecule has 1 saturated heterocycles. The Morgan fingerprint density at radius 2 is 2.00 bits per heavy atom. The molecular weight excluding hydrogens is 251 g/mol. The maximum Gasteiger partial charge on any atom is 0.127 e. The van der Waals surface area contributed by atoms with E-state index in [1.165, 1.54) is 18.9 Å². The molecule has 0 radical (unpaired) electrons. The summed E-state index contributed by atoms with van der Waals surface area (Å²) in [6.07, 6.45) is 2.55. The van der Waals surface area contributed by atoms with E-state index >= 15 is 0 Å². The molecule has 0 amide bonds. The van der Waals surface area contributed by atoms with Crippen LogP contribution < -0.4 is 5.73 Å². The molecule has 3 atom stereocenters. The molecule has 0 bridgehead atoms. The highest BCUT2D eigenvalue weighted by atomic mass is 19.1. The number of hydrogen-bond donors (Lipinski definition) is 1. The van der Waals surface area contributed by atoms with Gasteiger partial charge in [0.25, 0.3) is 0 Å². The largest absolute Gasteiger partial charge is 0.324 e. The molecule has 2 nitrogen and oxygen atoms in total. The normalized spacial score (nSPS) is 23.2. The van der Waals surface area contributed by atoms with Gasteiger partial charge in [0.05, 0.1) is 0 Å². The minimum Gasteiger partial charge on any atom is -0.324 e. The van der Waals surface area contributed by atoms with Gasteiger partial charge in [-0.05, 0) is 37.3 Å². The lowest BCUT2D eigenvalue weighted by Gasteiger charge is -2.32. The predicted octanol–water partition coefficient (Wildman–Crippen LogP) is 3.58. The summed E-state index contributed by atoms with van der Waals surface area (Å²) in [7, 11) is 0. The molecule has 1 aromatic rings. The van der Waals surface area contributed by atoms with Crippen molar-refractivity contribution in [3.63, 3.8) is 0 Å². The average molecular weight is 278 g/mol. The zero-order valence-electron chi connectivity index (χ0n) is 12.8. The number of nitrogens with zero attached hydrogens (tertiary/aromatic N) is 1. The van der Waals surface area contributed by atoms with Crippen LogP contribution >= 0.6 is 0 Å². The van der Waals surface area contributed by atoms with E-state index in [-0.39, 0.29) is 17.8 Å². The van der Waals surface area contributed by atoms with Crippen LogP contribution in [0.2, 0.25) is 0 Å². The molecule has 1 aliphatic heterocycles. The highest BCUT2D eigenvalue weighted by molar-refractivity contribution is 5.21. The Kier molecular flexibility index (Phi) is 5.17. The van der Waals surface area contributed by atoms with Crippen LogP contribution in [0.5, 0.6) is 0 Å². The van der Waals surface area contributed by atoms with Crippen molar-refractivity contribution in [1.29, 1.82) is 0 Å². The fourth-order valence-electron chi connectivity index (χ4n) is 3.37. The molecule has 0 saturated carbocycles. The third kappa shape index (κ3) is 3.39. The number of rotatable bonds is 5. The Morgan fingerprint density at radius 3 is 2.65 bits per heavy atom. The molecule has 1 fully saturated rings. The van der Waals surface area contributed by atoms with Crippen molar-refractivity contribution in [2.45, 2.75) is 45.7 Å². The van der Waals surface area contributed by atoms with Crippen LogP contribution in [0.4, 0.5) is 4.39 Å². The first-order chi connectivity index (χ1) is 9.50. The molecular formula is C17H27FN2. The van der Waals surface area contributed by atoms with Gasteiger partial charge in [0.15, 0.2) is 0 Å². The predicted molar refractivity (Wildman–Crippen MR) is 81.9 cm³/mol. The van der Waals surface area contributed by atoms with E-state index in [4.69, 9.17) is 5.73 Å². The summed E-state index contributed by atoms with van der Waals surface area (Å²) in [6.45, 7) is 8.80. The van der Waals surface area contributed by atoms with Gasteiger partial charge in [0.2, 0.25) is 0 Å². The maximum absolute atomic E-state index is 13.8. The molecule has 2 N–H and O–H groups in total. The van der Waals surface area contributed by atoms with Crippen molar-refractivity contribution in [2.75, 3.05) is 13.1 Å². The van der Waals surface area contributed by atoms with Gasteiger partial charge < -0.3 is 5.73 Å². The molecule has 0 aliphatic carbocycles. The summed E-state index contributed by atoms with van der Waals surface area (Å²) in [6, 6.07) is 7.30. The summed E-state index contributed by atoms with van der Waals surface area (Å²) in [4.78, 5) is 2.54. The second kappa shape index (κ2) is 6.68. The molecule has 1 aliphatic rings. The lowest BCUT2D eigenvalue weighted by Crippen LogP contribution is -2.39. The smallest absolute Gasteiger partial charge is 0.127 e. The quantitative estimate of drug-likeness (QED) is 0.892. The van der Waals surface area contributed by atoms with Crippen LogP contribution in [0.15, 0.2) is 24.3 Å². The van der Waals surface area contributed by atoms with Gasteiger partial charge in [-0.3, -0.25) is 4.90 Å². The summed E-state index contributed by atoms with van der Waals surface area (Å²) >= 11 is 0. The average Bonchev–Trinajstić information content (AvgIpc) is 2.86. The molecule has 2 rings (SSSR count). The van der Waals surface area contributed by atoms with Gasteiger partial charge in [0.1, 0.15) is 5.82 Å². The van der Waals surface area contributed by atoms with E-state index in [0.29, 0.717) is 17.5 Å². The zero-order chi connectivity index (χ0) is 14.7. The number of hydrogen-bond acceptors (Lipinski definition) is 2. The third-order valence-electron chi connectivity index (χ3n) is 4.58. The van der Waals surface area contributed by atoms with Crippen LogP contribution in [0.25, 0.3) is 0 Å². The van der Waals surface area contributed by atoms with Crippen molar-refractivity contribution in [3.8, 4) is 0 Å². The van der Waals surface area contributed by atoms with Crippen LogP contribution in [0.3, 0.4) is 0 Å². The highest BCUT2D eigenvalue weighted by Crippen LogP contribution is 2.28. The Labute approximate surface area is 122 Å². The standard InChI is InChI=1S/C17H27FN2/c1-12(2)16-9-6-10-20(16)11-13(3)17(19)14-7-4-5-8-15(14)18/h4-5,7-8,12-13,16-17H,6,9-11,19H2,1-3H3. The van der Waals surface area contributed by atoms with Gasteiger partial charge in [0, 0.05) is 24.2 Å². The van der Waals surface area contributed by atoms with E-state index in [1.807, 2.05) is 6.07 Å². The van der Waals surface area contributed by atoms with E-state index in [0.717, 1.165) is 13.1 Å². The summed E-state index contributed by atoms with van der Waals surface area (Å²) in [5, 5.41) is 0. The minimum absolute atomic E-state index is 0.186. The fourth-order valence-corrected chi connectivity index (χ4v) is 3.37. The number of nitrogens with two attached hydrogens (primary N) is 1. The van der Waals surface area contributed by atoms with Crippen molar-refractivity contribution in [2.24, 2.45) is 17.6 Å². The Morgan fingerprint density at radius 1 is 1.30 bits per heavy atom. The van der Waals surface area contributed by atoms with Gasteiger partial charge in [-0.15, -0.1) is 0 Å². The molecule has 112 valence electrons. The molecule has 20 heavy (non-hydrogen) atoms. The van der Waals surface area contributed by atoms with E-state index in [2.05, 4.69) is 25.7 Å². The molecule has 3 heteroatoms. The lowest BCUT2D eigenvalue weighted by atomic mass is 9.93. The molecule has 0 spiro atoms. The maximum atomic E-state index is 13.8. The summed E-state index contributed by atoms with van der Waals surface area (Å²) in [5.74, 6) is 0.745. The van der Waals surface area contributed by atoms with Gasteiger partial charge in [-0.2, -0.15) is 0 Å². The van der Waals surface area contributed by atoms with Crippen LogP contribution in [-0.2, 0) is 0 Å². The van der Waals surface area contributed by atoms with Crippen molar-refractivity contribution < 1.29 is 4.39 Å². The third-order valence-corrected chi connectivity index (χ3v) is 4.58. The first kappa shape index (κ1) is 15.5. The number of benzene rings is 1. The monoisotopic (exact) mass is 278 g/mol. The van der Waals surface area contributed by atoms with Crippen molar-refractivity contribution in [1.82, 2.24) is 4.90 Å². The van der Waals surface area contributed by atoms with E-state index in [1.54, 1.807) is 12.1 Å². The van der Waals surface area contributed by atoms with Crippen molar-refractivity contribution in [3.05, 3.63) is 35.6 Å². The summed E-state index contributed by atoms with van der Waals surface area (Å²) < 4.78 is 13.8. The van der Waals surface area contributed by atoms with Crippen molar-refractivity contribution >= 4 is 0 Å². The molecule has 1 aromatic carbocycles. The molecule has 1 heterocycles.